The first-order chi connectivity index (χ1) is 13.2. The van der Waals surface area contributed by atoms with E-state index < -0.39 is 34.3 Å². The minimum atomic E-state index is -0.989. The van der Waals surface area contributed by atoms with Crippen LogP contribution in [-0.4, -0.2) is 42.9 Å². The predicted octanol–water partition coefficient (Wildman–Crippen LogP) is 2.81. The molecular formula is C16H13ClN2O7S2. The lowest BCUT2D eigenvalue weighted by Gasteiger charge is -2.45. The van der Waals surface area contributed by atoms with Gasteiger partial charge in [-0.05, 0) is 48.1 Å². The van der Waals surface area contributed by atoms with E-state index in [1.807, 2.05) is 0 Å². The van der Waals surface area contributed by atoms with Gasteiger partial charge in [-0.1, -0.05) is 11.6 Å². The van der Waals surface area contributed by atoms with E-state index in [0.717, 1.165) is 28.4 Å². The maximum atomic E-state index is 12.6. The van der Waals surface area contributed by atoms with Gasteiger partial charge in [0.2, 0.25) is 5.91 Å². The van der Waals surface area contributed by atoms with E-state index >= 15 is 0 Å². The van der Waals surface area contributed by atoms with Gasteiger partial charge in [-0.25, -0.2) is 4.79 Å². The Bertz CT molecular complexity index is 877. The van der Waals surface area contributed by atoms with Gasteiger partial charge in [0.15, 0.2) is 5.70 Å². The summed E-state index contributed by atoms with van der Waals surface area (Å²) >= 11 is 7.76. The summed E-state index contributed by atoms with van der Waals surface area (Å²) in [6.07, 6.45) is -0.989. The van der Waals surface area contributed by atoms with Crippen LogP contribution in [0.1, 0.15) is 12.5 Å². The lowest BCUT2D eigenvalue weighted by atomic mass is 9.92. The lowest BCUT2D eigenvalue weighted by Crippen LogP contribution is -2.62. The molecule has 0 aromatic heterocycles. The summed E-state index contributed by atoms with van der Waals surface area (Å²) in [6, 6.07) is 5.44. The Morgan fingerprint density at radius 1 is 1.36 bits per heavy atom. The molecule has 0 unspecified atom stereocenters. The molecule has 2 fully saturated rings. The van der Waals surface area contributed by atoms with Crippen LogP contribution >= 0.6 is 35.1 Å². The van der Waals surface area contributed by atoms with Crippen molar-refractivity contribution >= 4 is 57.1 Å². The first-order valence-corrected chi connectivity index (χ1v) is 9.97. The fourth-order valence-electron chi connectivity index (χ4n) is 2.61. The van der Waals surface area contributed by atoms with Crippen molar-refractivity contribution in [3.63, 3.8) is 0 Å². The Labute approximate surface area is 172 Å². The molecule has 0 aliphatic carbocycles. The van der Waals surface area contributed by atoms with Gasteiger partial charge in [-0.15, -0.1) is 0 Å². The third-order valence-electron chi connectivity index (χ3n) is 4.08. The van der Waals surface area contributed by atoms with E-state index in [4.69, 9.17) is 16.3 Å². The molecule has 0 bridgehead atoms. The van der Waals surface area contributed by atoms with Crippen LogP contribution in [0, 0.1) is 16.0 Å². The van der Waals surface area contributed by atoms with Crippen molar-refractivity contribution in [2.75, 3.05) is 0 Å². The number of alkyl halides is 1. The van der Waals surface area contributed by atoms with Gasteiger partial charge in [0, 0.05) is 12.1 Å². The minimum Gasteiger partial charge on any atom is -0.456 e. The van der Waals surface area contributed by atoms with Crippen LogP contribution in [0.5, 0.6) is 0 Å². The molecule has 28 heavy (non-hydrogen) atoms. The van der Waals surface area contributed by atoms with Crippen LogP contribution in [0.3, 0.4) is 0 Å². The van der Waals surface area contributed by atoms with Crippen LogP contribution in [0.4, 0.5) is 10.5 Å². The molecule has 2 aliphatic heterocycles. The van der Waals surface area contributed by atoms with E-state index in [2.05, 4.69) is 0 Å². The fraction of sp³-hybridized carbons (Fsp3) is 0.312. The summed E-state index contributed by atoms with van der Waals surface area (Å²) < 4.78 is 5.27. The van der Waals surface area contributed by atoms with E-state index in [9.17, 15) is 29.6 Å². The lowest BCUT2D eigenvalue weighted by molar-refractivity contribution is -0.384. The molecule has 2 saturated heterocycles. The standard InChI is InChI=1S/C16H13ClN2O7S2/c1-7(20)10-12(17)18(13(10)21)11(15-27-16(23)28-15)14(22)26-6-8-2-4-9(5-3-8)19(24)25/h2-5,7,10,12,20H,6H2,1H3/t7-,10-,12-/m1/s1. The Hall–Kier alpha value is -2.08. The van der Waals surface area contributed by atoms with Crippen LogP contribution < -0.4 is 0 Å². The number of hydrogen-bond acceptors (Lipinski definition) is 9. The molecule has 1 N–H and O–H groups in total. The number of amides is 1. The summed E-state index contributed by atoms with van der Waals surface area (Å²) in [5.41, 5.74) is -0.677. The topological polar surface area (TPSA) is 127 Å². The first-order valence-electron chi connectivity index (χ1n) is 7.90. The molecule has 3 atom stereocenters. The third kappa shape index (κ3) is 3.88. The maximum absolute atomic E-state index is 12.6. The van der Waals surface area contributed by atoms with E-state index in [1.54, 1.807) is 0 Å². The second-order valence-electron chi connectivity index (χ2n) is 5.94. The van der Waals surface area contributed by atoms with Crippen molar-refractivity contribution in [3.05, 3.63) is 49.9 Å². The van der Waals surface area contributed by atoms with Crippen molar-refractivity contribution in [2.45, 2.75) is 25.1 Å². The number of carbonyl (C=O) groups is 3. The Morgan fingerprint density at radius 3 is 2.43 bits per heavy atom. The minimum absolute atomic E-state index is 0.0982. The summed E-state index contributed by atoms with van der Waals surface area (Å²) in [4.78, 5) is 47.3. The molecule has 0 saturated carbocycles. The van der Waals surface area contributed by atoms with Gasteiger partial charge in [0.05, 0.1) is 21.2 Å². The zero-order chi connectivity index (χ0) is 20.6. The van der Waals surface area contributed by atoms with Crippen molar-refractivity contribution in [2.24, 2.45) is 5.92 Å². The summed E-state index contributed by atoms with van der Waals surface area (Å²) in [5, 5.41) is 20.3. The number of carbonyl (C=O) groups excluding carboxylic acids is 3. The van der Waals surface area contributed by atoms with Crippen molar-refractivity contribution in [1.82, 2.24) is 4.90 Å². The number of likely N-dealkylation sites (tertiary alicyclic amines) is 1. The molecule has 1 aromatic carbocycles. The normalized spacial score (nSPS) is 22.2. The highest BCUT2D eigenvalue weighted by atomic mass is 35.5. The Morgan fingerprint density at radius 2 is 1.96 bits per heavy atom. The van der Waals surface area contributed by atoms with E-state index in [1.165, 1.54) is 31.2 Å². The van der Waals surface area contributed by atoms with Gasteiger partial charge in [0.25, 0.3) is 10.1 Å². The fourth-order valence-corrected chi connectivity index (χ4v) is 4.71. The highest BCUT2D eigenvalue weighted by Gasteiger charge is 2.53. The Balaban J connectivity index is 1.74. The number of nitro benzene ring substituents is 1. The molecule has 3 rings (SSSR count). The quantitative estimate of drug-likeness (QED) is 0.134. The van der Waals surface area contributed by atoms with Crippen LogP contribution in [0.15, 0.2) is 34.2 Å². The molecule has 2 heterocycles. The van der Waals surface area contributed by atoms with Crippen molar-refractivity contribution in [1.29, 1.82) is 0 Å². The third-order valence-corrected chi connectivity index (χ3v) is 6.64. The number of thioether (sulfide) groups is 2. The highest BCUT2D eigenvalue weighted by molar-refractivity contribution is 8.57. The molecule has 1 aromatic rings. The number of nitro groups is 1. The van der Waals surface area contributed by atoms with Crippen LogP contribution in [0.2, 0.25) is 0 Å². The second kappa shape index (κ2) is 8.11. The zero-order valence-corrected chi connectivity index (χ0v) is 16.6. The smallest absolute Gasteiger partial charge is 0.357 e. The molecule has 148 valence electrons. The van der Waals surface area contributed by atoms with E-state index in [-0.39, 0.29) is 22.4 Å². The molecule has 12 heteroatoms. The number of ether oxygens (including phenoxy) is 1. The van der Waals surface area contributed by atoms with Gasteiger partial charge < -0.3 is 9.84 Å². The van der Waals surface area contributed by atoms with Crippen LogP contribution in [0.25, 0.3) is 0 Å². The monoisotopic (exact) mass is 444 g/mol. The van der Waals surface area contributed by atoms with E-state index in [0.29, 0.717) is 9.80 Å². The largest absolute Gasteiger partial charge is 0.456 e. The number of aliphatic hydroxyl groups excluding tert-OH is 1. The second-order valence-corrected chi connectivity index (χ2v) is 8.87. The number of aliphatic hydroxyl groups is 1. The molecule has 9 nitrogen and oxygen atoms in total. The number of rotatable bonds is 6. The first kappa shape index (κ1) is 20.6. The zero-order valence-electron chi connectivity index (χ0n) is 14.2. The molecule has 0 spiro atoms. The number of halogens is 1. The number of non-ortho nitro benzene ring substituents is 1. The Kier molecular flexibility index (Phi) is 5.98. The summed E-state index contributed by atoms with van der Waals surface area (Å²) in [7, 11) is 0. The maximum Gasteiger partial charge on any atom is 0.357 e. The van der Waals surface area contributed by atoms with Gasteiger partial charge in [-0.2, -0.15) is 0 Å². The number of β-lactam (4-membered cyclic amide) rings is 1. The number of esters is 1. The summed E-state index contributed by atoms with van der Waals surface area (Å²) in [6.45, 7) is 1.23. The average molecular weight is 445 g/mol. The van der Waals surface area contributed by atoms with Crippen LogP contribution in [-0.2, 0) is 20.9 Å². The van der Waals surface area contributed by atoms with Crippen molar-refractivity contribution in [3.8, 4) is 0 Å². The highest BCUT2D eigenvalue weighted by Crippen LogP contribution is 2.51. The van der Waals surface area contributed by atoms with Gasteiger partial charge in [0.1, 0.15) is 12.1 Å². The van der Waals surface area contributed by atoms with Gasteiger partial charge >= 0.3 is 5.97 Å². The van der Waals surface area contributed by atoms with Gasteiger partial charge in [-0.3, -0.25) is 24.6 Å². The SMILES string of the molecule is C[C@@H](O)[C@H]1C(=O)N(C(C(=O)OCc2ccc([N+](=O)[O-])cc2)=C2SC(=O)S2)[C@H]1Cl. The molecule has 2 aliphatic rings. The average Bonchev–Trinajstić information content (AvgIpc) is 2.61. The molecule has 1 amide bonds. The predicted molar refractivity (Wildman–Crippen MR) is 102 cm³/mol. The number of hydrogen-bond donors (Lipinski definition) is 1. The number of benzene rings is 1. The molecule has 0 radical (unpaired) electrons. The van der Waals surface area contributed by atoms with Crippen molar-refractivity contribution < 1.29 is 29.2 Å². The number of nitrogens with zero attached hydrogens (tertiary/aromatic N) is 2. The summed E-state index contributed by atoms with van der Waals surface area (Å²) in [5.74, 6) is -2.25. The molecular weight excluding hydrogens is 432 g/mol.